The first-order valence-corrected chi connectivity index (χ1v) is 16.4. The Morgan fingerprint density at radius 2 is 1.64 bits per heavy atom. The van der Waals surface area contributed by atoms with E-state index in [2.05, 4.69) is 10.3 Å². The van der Waals surface area contributed by atoms with E-state index in [1.54, 1.807) is 7.05 Å². The number of amides is 2. The van der Waals surface area contributed by atoms with Crippen LogP contribution in [0.4, 0.5) is 22.0 Å². The summed E-state index contributed by atoms with van der Waals surface area (Å²) in [5.74, 6) is -14.8. The summed E-state index contributed by atoms with van der Waals surface area (Å²) in [5, 5.41) is 4.03. The summed E-state index contributed by atoms with van der Waals surface area (Å²) < 4.78 is 75.3. The highest BCUT2D eigenvalue weighted by Crippen LogP contribution is 2.32. The molecule has 15 heteroatoms. The topological polar surface area (TPSA) is 109 Å². The van der Waals surface area contributed by atoms with Crippen LogP contribution >= 0.6 is 11.3 Å². The van der Waals surface area contributed by atoms with Crippen molar-refractivity contribution >= 4 is 34.9 Å². The quantitative estimate of drug-likeness (QED) is 0.0965. The molecular weight excluding hydrogens is 647 g/mol. The predicted octanol–water partition coefficient (Wildman–Crippen LogP) is 5.56. The molecule has 1 fully saturated rings. The zero-order chi connectivity index (χ0) is 35.3. The number of hydrogen-bond acceptors (Lipinski definition) is 8. The summed E-state index contributed by atoms with van der Waals surface area (Å²) in [6.45, 7) is 9.37. The molecule has 2 amide bonds. The number of ether oxygens (including phenoxy) is 1. The first kappa shape index (κ1) is 38.0. The second-order valence-electron chi connectivity index (χ2n) is 12.3. The van der Waals surface area contributed by atoms with Crippen molar-refractivity contribution in [2.24, 2.45) is 11.8 Å². The third-order valence-electron chi connectivity index (χ3n) is 8.70. The molecule has 1 aliphatic heterocycles. The molecule has 0 unspecified atom stereocenters. The van der Waals surface area contributed by atoms with E-state index in [9.17, 15) is 41.1 Å². The van der Waals surface area contributed by atoms with Gasteiger partial charge in [-0.05, 0) is 38.3 Å². The Bertz CT molecular complexity index is 1460. The number of ketones is 1. The minimum atomic E-state index is -2.40. The number of nitrogens with zero attached hydrogens (tertiary/aromatic N) is 3. The Labute approximate surface area is 274 Å². The number of carbonyl (C=O) groups is 4. The van der Waals surface area contributed by atoms with E-state index in [0.717, 1.165) is 43.0 Å². The lowest BCUT2D eigenvalue weighted by Gasteiger charge is -2.38. The summed E-state index contributed by atoms with van der Waals surface area (Å²) >= 11 is 0.778. The van der Waals surface area contributed by atoms with Gasteiger partial charge < -0.3 is 15.0 Å². The lowest BCUT2D eigenvalue weighted by molar-refractivity contribution is -0.149. The van der Waals surface area contributed by atoms with Gasteiger partial charge in [0.25, 0.3) is 0 Å². The van der Waals surface area contributed by atoms with Gasteiger partial charge in [0.05, 0.1) is 6.04 Å². The molecule has 5 atom stereocenters. The van der Waals surface area contributed by atoms with Gasteiger partial charge in [-0.3, -0.25) is 24.1 Å². The number of rotatable bonds is 13. The van der Waals surface area contributed by atoms with Gasteiger partial charge in [-0.25, -0.2) is 26.9 Å². The van der Waals surface area contributed by atoms with Gasteiger partial charge >= 0.3 is 5.97 Å². The van der Waals surface area contributed by atoms with Crippen LogP contribution in [-0.4, -0.2) is 77.1 Å². The standard InChI is InChI=1S/C32H41F5N4O5S/c1-8-16(4)28(39-30(44)19-11-9-10-12-40(19)6)32(45)41(7)20(15(2)3)13-21(46-17(5)42)31-38-18(14-47-31)29(43)22-23(33)25(35)27(37)26(36)24(22)34/h14-16,19-21,28H,8-13H2,1-7H3,(H,39,44)/t16-,19+,20+,21+,28-/m0/s1. The molecule has 1 N–H and O–H groups in total. The van der Waals surface area contributed by atoms with Crippen LogP contribution in [0.2, 0.25) is 0 Å². The number of nitrogens with one attached hydrogen (secondary N) is 1. The van der Waals surface area contributed by atoms with Crippen molar-refractivity contribution in [3.8, 4) is 0 Å². The number of thiazole rings is 1. The van der Waals surface area contributed by atoms with Crippen LogP contribution in [0.25, 0.3) is 0 Å². The second kappa shape index (κ2) is 16.1. The number of hydrogen-bond donors (Lipinski definition) is 1. The maximum atomic E-state index is 14.4. The largest absolute Gasteiger partial charge is 0.455 e. The third-order valence-corrected chi connectivity index (χ3v) is 9.63. The molecule has 47 heavy (non-hydrogen) atoms. The molecule has 1 aromatic carbocycles. The summed E-state index contributed by atoms with van der Waals surface area (Å²) in [4.78, 5) is 59.8. The number of halogens is 5. The average molecular weight is 689 g/mol. The van der Waals surface area contributed by atoms with E-state index in [4.69, 9.17) is 4.74 Å². The van der Waals surface area contributed by atoms with Gasteiger partial charge in [0.2, 0.25) is 23.4 Å². The van der Waals surface area contributed by atoms with E-state index in [-0.39, 0.29) is 41.1 Å². The molecule has 2 aromatic rings. The number of likely N-dealkylation sites (tertiary alicyclic amines) is 1. The fourth-order valence-corrected chi connectivity index (χ4v) is 6.53. The fraction of sp³-hybridized carbons (Fsp3) is 0.594. The molecule has 0 spiro atoms. The van der Waals surface area contributed by atoms with Crippen LogP contribution in [0.15, 0.2) is 5.38 Å². The fourth-order valence-electron chi connectivity index (χ4n) is 5.69. The number of aromatic nitrogens is 1. The van der Waals surface area contributed by atoms with E-state index < -0.39 is 70.3 Å². The predicted molar refractivity (Wildman–Crippen MR) is 164 cm³/mol. The van der Waals surface area contributed by atoms with Gasteiger partial charge in [0, 0.05) is 31.8 Å². The van der Waals surface area contributed by atoms with E-state index in [0.29, 0.717) is 12.8 Å². The molecule has 1 saturated heterocycles. The number of benzene rings is 1. The lowest BCUT2D eigenvalue weighted by Crippen LogP contribution is -2.58. The van der Waals surface area contributed by atoms with Crippen molar-refractivity contribution in [1.82, 2.24) is 20.1 Å². The molecule has 9 nitrogen and oxygen atoms in total. The molecule has 0 aliphatic carbocycles. The van der Waals surface area contributed by atoms with Gasteiger partial charge in [0.15, 0.2) is 29.4 Å². The van der Waals surface area contributed by atoms with Crippen LogP contribution in [0, 0.1) is 40.9 Å². The SMILES string of the molecule is CC[C@H](C)[C@H](NC(=O)[C@H]1CCCCN1C)C(=O)N(C)[C@H](C[C@@H](OC(C)=O)c1nc(C(=O)c2c(F)c(F)c(F)c(F)c2F)cs1)C(C)C. The summed E-state index contributed by atoms with van der Waals surface area (Å²) in [7, 11) is 3.45. The maximum Gasteiger partial charge on any atom is 0.303 e. The second-order valence-corrected chi connectivity index (χ2v) is 13.2. The van der Waals surface area contributed by atoms with Crippen molar-refractivity contribution in [2.45, 2.75) is 91.0 Å². The van der Waals surface area contributed by atoms with Gasteiger partial charge in [-0.15, -0.1) is 11.3 Å². The molecule has 0 bridgehead atoms. The Balaban J connectivity index is 1.90. The number of esters is 1. The van der Waals surface area contributed by atoms with E-state index in [1.165, 1.54) is 4.90 Å². The molecule has 2 heterocycles. The normalized spacial score (nSPS) is 17.9. The Kier molecular flexibility index (Phi) is 13.0. The minimum absolute atomic E-state index is 0.00559. The maximum absolute atomic E-state index is 14.4. The van der Waals surface area contributed by atoms with Crippen molar-refractivity contribution < 1.29 is 45.9 Å². The minimum Gasteiger partial charge on any atom is -0.455 e. The Morgan fingerprint density at radius 3 is 2.17 bits per heavy atom. The van der Waals surface area contributed by atoms with E-state index >= 15 is 0 Å². The van der Waals surface area contributed by atoms with E-state index in [1.807, 2.05) is 39.6 Å². The highest BCUT2D eigenvalue weighted by molar-refractivity contribution is 7.09. The number of piperidine rings is 1. The van der Waals surface area contributed by atoms with Crippen LogP contribution in [0.1, 0.15) is 93.9 Å². The summed E-state index contributed by atoms with van der Waals surface area (Å²) in [6.07, 6.45) is 2.01. The van der Waals surface area contributed by atoms with Crippen LogP contribution < -0.4 is 5.32 Å². The Hall–Kier alpha value is -3.46. The zero-order valence-electron chi connectivity index (χ0n) is 27.5. The molecule has 0 radical (unpaired) electrons. The molecule has 1 aliphatic rings. The molecule has 0 saturated carbocycles. The molecular formula is C32H41F5N4O5S. The van der Waals surface area contributed by atoms with Crippen molar-refractivity contribution in [3.05, 3.63) is 50.7 Å². The number of carbonyl (C=O) groups excluding carboxylic acids is 4. The van der Waals surface area contributed by atoms with Crippen molar-refractivity contribution in [3.63, 3.8) is 0 Å². The van der Waals surface area contributed by atoms with Crippen molar-refractivity contribution in [2.75, 3.05) is 20.6 Å². The first-order valence-electron chi connectivity index (χ1n) is 15.5. The smallest absolute Gasteiger partial charge is 0.303 e. The van der Waals surface area contributed by atoms with Crippen LogP contribution in [0.3, 0.4) is 0 Å². The third kappa shape index (κ3) is 8.53. The van der Waals surface area contributed by atoms with Crippen LogP contribution in [-0.2, 0) is 19.1 Å². The highest BCUT2D eigenvalue weighted by Gasteiger charge is 2.38. The number of likely N-dealkylation sites (N-methyl/N-ethyl adjacent to an activating group) is 2. The zero-order valence-corrected chi connectivity index (χ0v) is 28.3. The average Bonchev–Trinajstić information content (AvgIpc) is 3.53. The highest BCUT2D eigenvalue weighted by atomic mass is 32.1. The monoisotopic (exact) mass is 688 g/mol. The molecule has 1 aromatic heterocycles. The lowest BCUT2D eigenvalue weighted by atomic mass is 9.92. The summed E-state index contributed by atoms with van der Waals surface area (Å²) in [6, 6.07) is -1.79. The Morgan fingerprint density at radius 1 is 1.04 bits per heavy atom. The van der Waals surface area contributed by atoms with Gasteiger partial charge in [-0.1, -0.05) is 40.5 Å². The van der Waals surface area contributed by atoms with Gasteiger partial charge in [0.1, 0.15) is 22.3 Å². The summed E-state index contributed by atoms with van der Waals surface area (Å²) in [5.41, 5.74) is -2.28. The van der Waals surface area contributed by atoms with Crippen LogP contribution in [0.5, 0.6) is 0 Å². The van der Waals surface area contributed by atoms with Crippen molar-refractivity contribution in [1.29, 1.82) is 0 Å². The van der Waals surface area contributed by atoms with Gasteiger partial charge in [-0.2, -0.15) is 0 Å². The first-order chi connectivity index (χ1) is 22.0. The molecule has 3 rings (SSSR count). The molecule has 260 valence electrons.